The Morgan fingerprint density at radius 2 is 2.09 bits per heavy atom. The Hall–Kier alpha value is -2.48. The minimum atomic E-state index is -0.0792. The first-order chi connectivity index (χ1) is 10.7. The van der Waals surface area contributed by atoms with Crippen molar-refractivity contribution in [1.82, 2.24) is 25.1 Å². The van der Waals surface area contributed by atoms with Gasteiger partial charge in [-0.15, -0.1) is 10.2 Å². The summed E-state index contributed by atoms with van der Waals surface area (Å²) in [6.07, 6.45) is 0.633. The highest BCUT2D eigenvalue weighted by Crippen LogP contribution is 2.17. The van der Waals surface area contributed by atoms with Crippen LogP contribution in [-0.4, -0.2) is 32.8 Å². The molecule has 0 aliphatic rings. The van der Waals surface area contributed by atoms with Gasteiger partial charge in [0.2, 0.25) is 10.9 Å². The van der Waals surface area contributed by atoms with E-state index < -0.39 is 0 Å². The lowest BCUT2D eigenvalue weighted by molar-refractivity contribution is -0.119. The number of fused-ring (bicyclic) bond motifs is 1. The zero-order valence-corrected chi connectivity index (χ0v) is 13.1. The number of carbonyl (C=O) groups is 1. The van der Waals surface area contributed by atoms with Crippen LogP contribution in [0.1, 0.15) is 23.3 Å². The zero-order valence-electron chi connectivity index (χ0n) is 12.2. The Morgan fingerprint density at radius 1 is 1.32 bits per heavy atom. The van der Waals surface area contributed by atoms with E-state index >= 15 is 0 Å². The molecule has 0 unspecified atom stereocenters. The minimum absolute atomic E-state index is 0.0792. The van der Waals surface area contributed by atoms with Gasteiger partial charge in [0, 0.05) is 13.3 Å². The number of aromatic nitrogens is 4. The molecule has 0 aliphatic heterocycles. The summed E-state index contributed by atoms with van der Waals surface area (Å²) in [5.41, 5.74) is 1.10. The summed E-state index contributed by atoms with van der Waals surface area (Å²) in [5.74, 6) is 1.51. The molecule has 0 saturated carbocycles. The highest BCUT2D eigenvalue weighted by atomic mass is 32.1. The van der Waals surface area contributed by atoms with Crippen LogP contribution in [0.25, 0.3) is 4.96 Å². The molecule has 0 atom stereocenters. The van der Waals surface area contributed by atoms with Gasteiger partial charge in [0.05, 0.1) is 13.7 Å². The monoisotopic (exact) mass is 317 g/mol. The smallest absolute Gasteiger partial charge is 0.234 e. The molecule has 0 fully saturated rings. The van der Waals surface area contributed by atoms with Gasteiger partial charge in [0.1, 0.15) is 10.8 Å². The summed E-state index contributed by atoms with van der Waals surface area (Å²) in [5, 5.41) is 16.3. The molecule has 22 heavy (non-hydrogen) atoms. The summed E-state index contributed by atoms with van der Waals surface area (Å²) < 4.78 is 6.87. The second-order valence-corrected chi connectivity index (χ2v) is 5.78. The first-order valence-electron chi connectivity index (χ1n) is 6.73. The molecule has 8 heteroatoms. The number of amides is 1. The van der Waals surface area contributed by atoms with Crippen molar-refractivity contribution in [3.05, 3.63) is 40.7 Å². The Kier molecular flexibility index (Phi) is 4.01. The molecule has 0 bridgehead atoms. The van der Waals surface area contributed by atoms with E-state index in [9.17, 15) is 4.79 Å². The van der Waals surface area contributed by atoms with Gasteiger partial charge in [0.25, 0.3) is 0 Å². The molecule has 2 aromatic heterocycles. The lowest BCUT2D eigenvalue weighted by atomic mass is 10.1. The second-order valence-electron chi connectivity index (χ2n) is 4.74. The minimum Gasteiger partial charge on any atom is -0.497 e. The van der Waals surface area contributed by atoms with E-state index in [1.807, 2.05) is 24.3 Å². The van der Waals surface area contributed by atoms with Crippen LogP contribution in [0.2, 0.25) is 0 Å². The Labute approximate surface area is 130 Å². The number of carbonyl (C=O) groups excluding carboxylic acids is 1. The molecule has 0 spiro atoms. The maximum Gasteiger partial charge on any atom is 0.234 e. The topological polar surface area (TPSA) is 81.4 Å². The first kappa shape index (κ1) is 14.5. The van der Waals surface area contributed by atoms with Gasteiger partial charge in [-0.2, -0.15) is 9.61 Å². The summed E-state index contributed by atoms with van der Waals surface area (Å²) in [7, 11) is 1.64. The van der Waals surface area contributed by atoms with E-state index in [2.05, 4.69) is 20.6 Å². The Balaban J connectivity index is 1.79. The molecule has 0 radical (unpaired) electrons. The highest BCUT2D eigenvalue weighted by molar-refractivity contribution is 7.16. The molecule has 3 rings (SSSR count). The summed E-state index contributed by atoms with van der Waals surface area (Å²) in [4.78, 5) is 11.7. The molecule has 1 aromatic carbocycles. The Morgan fingerprint density at radius 3 is 2.77 bits per heavy atom. The van der Waals surface area contributed by atoms with Crippen molar-refractivity contribution in [3.63, 3.8) is 0 Å². The fraction of sp³-hybridized carbons (Fsp3) is 0.286. The maximum absolute atomic E-state index is 11.0. The average molecular weight is 317 g/mol. The van der Waals surface area contributed by atoms with E-state index in [-0.39, 0.29) is 5.91 Å². The van der Waals surface area contributed by atoms with Gasteiger partial charge in [-0.05, 0) is 17.7 Å². The van der Waals surface area contributed by atoms with Crippen molar-refractivity contribution < 1.29 is 9.53 Å². The largest absolute Gasteiger partial charge is 0.497 e. The first-order valence-corrected chi connectivity index (χ1v) is 7.54. The highest BCUT2D eigenvalue weighted by Gasteiger charge is 2.12. The molecule has 7 nitrogen and oxygen atoms in total. The number of nitrogens with zero attached hydrogens (tertiary/aromatic N) is 4. The molecular formula is C14H15N5O2S. The van der Waals surface area contributed by atoms with E-state index in [1.54, 1.807) is 11.6 Å². The van der Waals surface area contributed by atoms with Crippen molar-refractivity contribution in [2.75, 3.05) is 7.11 Å². The van der Waals surface area contributed by atoms with Gasteiger partial charge in [-0.3, -0.25) is 4.79 Å². The predicted octanol–water partition coefficient (Wildman–Crippen LogP) is 1.42. The van der Waals surface area contributed by atoms with E-state index in [1.165, 1.54) is 18.3 Å². The van der Waals surface area contributed by atoms with Crippen LogP contribution in [-0.2, 0) is 17.8 Å². The third kappa shape index (κ3) is 3.06. The van der Waals surface area contributed by atoms with Crippen molar-refractivity contribution in [2.45, 2.75) is 19.9 Å². The fourth-order valence-corrected chi connectivity index (χ4v) is 2.80. The molecule has 2 heterocycles. The van der Waals surface area contributed by atoms with Crippen LogP contribution in [0.15, 0.2) is 24.3 Å². The van der Waals surface area contributed by atoms with Crippen LogP contribution >= 0.6 is 11.3 Å². The van der Waals surface area contributed by atoms with Crippen LogP contribution in [0, 0.1) is 0 Å². The van der Waals surface area contributed by atoms with E-state index in [0.29, 0.717) is 13.0 Å². The molecular weight excluding hydrogens is 302 g/mol. The normalized spacial score (nSPS) is 10.8. The number of methoxy groups -OCH3 is 1. The van der Waals surface area contributed by atoms with Gasteiger partial charge >= 0.3 is 0 Å². The number of rotatable bonds is 5. The number of nitrogens with one attached hydrogen (secondary N) is 1. The average Bonchev–Trinajstić information content (AvgIpc) is 3.07. The number of benzene rings is 1. The predicted molar refractivity (Wildman–Crippen MR) is 82.0 cm³/mol. The summed E-state index contributed by atoms with van der Waals surface area (Å²) >= 11 is 1.42. The van der Waals surface area contributed by atoms with Crippen LogP contribution in [0.5, 0.6) is 5.75 Å². The molecule has 3 aromatic rings. The van der Waals surface area contributed by atoms with Crippen molar-refractivity contribution >= 4 is 22.2 Å². The summed E-state index contributed by atoms with van der Waals surface area (Å²) in [6, 6.07) is 7.81. The van der Waals surface area contributed by atoms with Gasteiger partial charge < -0.3 is 10.1 Å². The van der Waals surface area contributed by atoms with E-state index in [0.717, 1.165) is 27.1 Å². The number of hydrogen-bond donors (Lipinski definition) is 1. The SMILES string of the molecule is COc1ccc(Cc2nnc3sc(CNC(C)=O)nn23)cc1. The molecule has 0 aliphatic carbocycles. The number of hydrogen-bond acceptors (Lipinski definition) is 6. The molecule has 114 valence electrons. The van der Waals surface area contributed by atoms with Crippen molar-refractivity contribution in [3.8, 4) is 5.75 Å². The molecule has 1 N–H and O–H groups in total. The standard InChI is InChI=1S/C14H15N5O2S/c1-9(20)15-8-13-18-19-12(16-17-14(19)22-13)7-10-3-5-11(21-2)6-4-10/h3-6H,7-8H2,1-2H3,(H,15,20). The van der Waals surface area contributed by atoms with Gasteiger partial charge in [-0.1, -0.05) is 23.5 Å². The zero-order chi connectivity index (χ0) is 15.5. The molecule has 0 saturated heterocycles. The second kappa shape index (κ2) is 6.10. The quantitative estimate of drug-likeness (QED) is 0.769. The van der Waals surface area contributed by atoms with Gasteiger partial charge in [-0.25, -0.2) is 0 Å². The third-order valence-electron chi connectivity index (χ3n) is 3.11. The maximum atomic E-state index is 11.0. The van der Waals surface area contributed by atoms with Crippen LogP contribution in [0.4, 0.5) is 0 Å². The van der Waals surface area contributed by atoms with Crippen LogP contribution in [0.3, 0.4) is 0 Å². The lowest BCUT2D eigenvalue weighted by Gasteiger charge is -2.01. The fourth-order valence-electron chi connectivity index (χ4n) is 2.00. The Bertz CT molecular complexity index is 793. The van der Waals surface area contributed by atoms with Crippen LogP contribution < -0.4 is 10.1 Å². The summed E-state index contributed by atoms with van der Waals surface area (Å²) in [6.45, 7) is 1.89. The molecule has 1 amide bonds. The van der Waals surface area contributed by atoms with Crippen molar-refractivity contribution in [1.29, 1.82) is 0 Å². The lowest BCUT2D eigenvalue weighted by Crippen LogP contribution is -2.18. The van der Waals surface area contributed by atoms with Crippen molar-refractivity contribution in [2.24, 2.45) is 0 Å². The third-order valence-corrected chi connectivity index (χ3v) is 4.01. The van der Waals surface area contributed by atoms with E-state index in [4.69, 9.17) is 4.74 Å². The van der Waals surface area contributed by atoms with Gasteiger partial charge in [0.15, 0.2) is 5.82 Å². The number of ether oxygens (including phenoxy) is 1.